The SMILES string of the molecule is OC[C@H]1CCCC[C@H]1c1ccccc1. The predicted octanol–water partition coefficient (Wildman–Crippen LogP) is 2.95. The van der Waals surface area contributed by atoms with E-state index in [0.29, 0.717) is 18.4 Å². The molecule has 0 unspecified atom stereocenters. The van der Waals surface area contributed by atoms with Gasteiger partial charge in [-0.25, -0.2) is 0 Å². The molecule has 0 aliphatic heterocycles. The van der Waals surface area contributed by atoms with Crippen LogP contribution in [0.25, 0.3) is 0 Å². The minimum atomic E-state index is 0.347. The van der Waals surface area contributed by atoms with Crippen molar-refractivity contribution in [3.8, 4) is 0 Å². The summed E-state index contributed by atoms with van der Waals surface area (Å²) in [5.41, 5.74) is 1.41. The summed E-state index contributed by atoms with van der Waals surface area (Å²) in [6.45, 7) is 0.347. The van der Waals surface area contributed by atoms with Gasteiger partial charge in [-0.1, -0.05) is 43.2 Å². The van der Waals surface area contributed by atoms with Gasteiger partial charge in [0.2, 0.25) is 0 Å². The first-order chi connectivity index (χ1) is 6.92. The second-order valence-electron chi connectivity index (χ2n) is 4.24. The van der Waals surface area contributed by atoms with E-state index in [1.54, 1.807) is 0 Å². The van der Waals surface area contributed by atoms with E-state index in [2.05, 4.69) is 30.3 Å². The molecule has 1 saturated carbocycles. The Morgan fingerprint density at radius 1 is 1.07 bits per heavy atom. The summed E-state index contributed by atoms with van der Waals surface area (Å²) in [6.07, 6.45) is 5.04. The first-order valence-corrected chi connectivity index (χ1v) is 5.57. The van der Waals surface area contributed by atoms with E-state index in [1.807, 2.05) is 0 Å². The van der Waals surface area contributed by atoms with Crippen LogP contribution >= 0.6 is 0 Å². The number of aliphatic hydroxyl groups is 1. The molecule has 14 heavy (non-hydrogen) atoms. The Morgan fingerprint density at radius 3 is 2.50 bits per heavy atom. The highest BCUT2D eigenvalue weighted by molar-refractivity contribution is 5.20. The first-order valence-electron chi connectivity index (χ1n) is 5.57. The number of aliphatic hydroxyl groups excluding tert-OH is 1. The molecule has 2 rings (SSSR count). The summed E-state index contributed by atoms with van der Waals surface area (Å²) in [5.74, 6) is 1.08. The summed E-state index contributed by atoms with van der Waals surface area (Å²) >= 11 is 0. The van der Waals surface area contributed by atoms with Gasteiger partial charge >= 0.3 is 0 Å². The van der Waals surface area contributed by atoms with Crippen LogP contribution in [0.1, 0.15) is 37.2 Å². The van der Waals surface area contributed by atoms with E-state index in [4.69, 9.17) is 0 Å². The van der Waals surface area contributed by atoms with Crippen LogP contribution in [0.5, 0.6) is 0 Å². The molecule has 0 amide bonds. The van der Waals surface area contributed by atoms with Crippen molar-refractivity contribution in [1.82, 2.24) is 0 Å². The maximum absolute atomic E-state index is 9.32. The van der Waals surface area contributed by atoms with Gasteiger partial charge in [0.25, 0.3) is 0 Å². The van der Waals surface area contributed by atoms with Gasteiger partial charge in [0.1, 0.15) is 0 Å². The lowest BCUT2D eigenvalue weighted by molar-refractivity contribution is 0.169. The Labute approximate surface area is 85.8 Å². The molecule has 0 bridgehead atoms. The Bertz CT molecular complexity index is 268. The zero-order chi connectivity index (χ0) is 9.80. The van der Waals surface area contributed by atoms with Gasteiger partial charge in [-0.2, -0.15) is 0 Å². The van der Waals surface area contributed by atoms with E-state index >= 15 is 0 Å². The molecule has 1 N–H and O–H groups in total. The number of hydrogen-bond acceptors (Lipinski definition) is 1. The maximum atomic E-state index is 9.32. The third kappa shape index (κ3) is 1.98. The third-order valence-corrected chi connectivity index (χ3v) is 3.37. The average molecular weight is 190 g/mol. The summed E-state index contributed by atoms with van der Waals surface area (Å²) in [7, 11) is 0. The Morgan fingerprint density at radius 2 is 1.79 bits per heavy atom. The second kappa shape index (κ2) is 4.61. The van der Waals surface area contributed by atoms with Crippen LogP contribution in [0, 0.1) is 5.92 Å². The summed E-state index contributed by atoms with van der Waals surface area (Å²) in [4.78, 5) is 0. The fourth-order valence-corrected chi connectivity index (χ4v) is 2.57. The van der Waals surface area contributed by atoms with Crippen LogP contribution in [0.3, 0.4) is 0 Å². The molecule has 1 nitrogen and oxygen atoms in total. The van der Waals surface area contributed by atoms with Gasteiger partial charge < -0.3 is 5.11 Å². The topological polar surface area (TPSA) is 20.2 Å². The number of rotatable bonds is 2. The molecule has 1 fully saturated rings. The largest absolute Gasteiger partial charge is 0.396 e. The maximum Gasteiger partial charge on any atom is 0.0465 e. The van der Waals surface area contributed by atoms with Crippen LogP contribution in [0.15, 0.2) is 30.3 Å². The van der Waals surface area contributed by atoms with Gasteiger partial charge in [0, 0.05) is 6.61 Å². The molecule has 1 aromatic carbocycles. The van der Waals surface area contributed by atoms with Crippen LogP contribution < -0.4 is 0 Å². The smallest absolute Gasteiger partial charge is 0.0465 e. The molecule has 0 saturated heterocycles. The highest BCUT2D eigenvalue weighted by Gasteiger charge is 2.25. The van der Waals surface area contributed by atoms with Crippen LogP contribution in [-0.4, -0.2) is 11.7 Å². The minimum Gasteiger partial charge on any atom is -0.396 e. The molecule has 0 radical (unpaired) electrons. The molecule has 0 heterocycles. The van der Waals surface area contributed by atoms with Gasteiger partial charge in [-0.15, -0.1) is 0 Å². The standard InChI is InChI=1S/C13H18O/c14-10-12-8-4-5-9-13(12)11-6-2-1-3-7-11/h1-3,6-7,12-14H,4-5,8-10H2/t12-,13+/m1/s1. The number of benzene rings is 1. The van der Waals surface area contributed by atoms with E-state index in [-0.39, 0.29) is 0 Å². The summed E-state index contributed by atoms with van der Waals surface area (Å²) in [6, 6.07) is 10.6. The molecule has 1 aliphatic carbocycles. The van der Waals surface area contributed by atoms with Crippen LogP contribution in [0.4, 0.5) is 0 Å². The molecule has 76 valence electrons. The fourth-order valence-electron chi connectivity index (χ4n) is 2.57. The van der Waals surface area contributed by atoms with Crippen molar-refractivity contribution in [3.63, 3.8) is 0 Å². The highest BCUT2D eigenvalue weighted by atomic mass is 16.3. The van der Waals surface area contributed by atoms with Crippen molar-refractivity contribution >= 4 is 0 Å². The van der Waals surface area contributed by atoms with Gasteiger partial charge in [0.15, 0.2) is 0 Å². The number of hydrogen-bond donors (Lipinski definition) is 1. The van der Waals surface area contributed by atoms with Gasteiger partial charge in [-0.05, 0) is 30.2 Å². The molecule has 1 aromatic rings. The highest BCUT2D eigenvalue weighted by Crippen LogP contribution is 2.37. The van der Waals surface area contributed by atoms with Crippen molar-refractivity contribution in [1.29, 1.82) is 0 Å². The molecule has 2 atom stereocenters. The van der Waals surface area contributed by atoms with Crippen molar-refractivity contribution in [2.45, 2.75) is 31.6 Å². The third-order valence-electron chi connectivity index (χ3n) is 3.37. The molecule has 1 aliphatic rings. The summed E-state index contributed by atoms with van der Waals surface area (Å²) in [5, 5.41) is 9.32. The van der Waals surface area contributed by atoms with Crippen LogP contribution in [0.2, 0.25) is 0 Å². The van der Waals surface area contributed by atoms with E-state index in [0.717, 1.165) is 0 Å². The summed E-state index contributed by atoms with van der Waals surface area (Å²) < 4.78 is 0. The minimum absolute atomic E-state index is 0.347. The fraction of sp³-hybridized carbons (Fsp3) is 0.538. The zero-order valence-electron chi connectivity index (χ0n) is 8.52. The van der Waals surface area contributed by atoms with Gasteiger partial charge in [-0.3, -0.25) is 0 Å². The molecular weight excluding hydrogens is 172 g/mol. The van der Waals surface area contributed by atoms with E-state index in [1.165, 1.54) is 31.2 Å². The van der Waals surface area contributed by atoms with Crippen molar-refractivity contribution < 1.29 is 5.11 Å². The Kier molecular flexibility index (Phi) is 3.20. The van der Waals surface area contributed by atoms with E-state index < -0.39 is 0 Å². The Balaban J connectivity index is 2.15. The van der Waals surface area contributed by atoms with Gasteiger partial charge in [0.05, 0.1) is 0 Å². The Hall–Kier alpha value is -0.820. The van der Waals surface area contributed by atoms with Crippen molar-refractivity contribution in [2.24, 2.45) is 5.92 Å². The normalized spacial score (nSPS) is 27.5. The monoisotopic (exact) mass is 190 g/mol. The lowest BCUT2D eigenvalue weighted by Crippen LogP contribution is -2.20. The van der Waals surface area contributed by atoms with Crippen molar-refractivity contribution in [2.75, 3.05) is 6.61 Å². The molecule has 1 heteroatoms. The quantitative estimate of drug-likeness (QED) is 0.760. The lowest BCUT2D eigenvalue weighted by Gasteiger charge is -2.30. The van der Waals surface area contributed by atoms with E-state index in [9.17, 15) is 5.11 Å². The molecular formula is C13H18O. The second-order valence-corrected chi connectivity index (χ2v) is 4.24. The predicted molar refractivity (Wildman–Crippen MR) is 58.2 cm³/mol. The van der Waals surface area contributed by atoms with Crippen molar-refractivity contribution in [3.05, 3.63) is 35.9 Å². The zero-order valence-corrected chi connectivity index (χ0v) is 8.52. The lowest BCUT2D eigenvalue weighted by atomic mass is 9.76. The van der Waals surface area contributed by atoms with Crippen LogP contribution in [-0.2, 0) is 0 Å². The first kappa shape index (κ1) is 9.72. The molecule has 0 aromatic heterocycles. The molecule has 0 spiro atoms. The average Bonchev–Trinajstić information content (AvgIpc) is 2.30.